The van der Waals surface area contributed by atoms with E-state index in [0.29, 0.717) is 11.8 Å². The zero-order chi connectivity index (χ0) is 11.4. The Morgan fingerprint density at radius 3 is 1.47 bits per heavy atom. The summed E-state index contributed by atoms with van der Waals surface area (Å²) in [6, 6.07) is 0. The molecule has 0 aromatic rings. The van der Waals surface area contributed by atoms with E-state index in [4.69, 9.17) is 0 Å². The highest BCUT2D eigenvalue weighted by Gasteiger charge is 2.52. The molecule has 0 amide bonds. The number of hydrogen-bond donors (Lipinski definition) is 2. The molecular weight excluding hydrogens is 188 g/mol. The van der Waals surface area contributed by atoms with Crippen LogP contribution in [0.3, 0.4) is 0 Å². The van der Waals surface area contributed by atoms with Crippen LogP contribution >= 0.6 is 0 Å². The number of fused-ring (bicyclic) bond motifs is 2. The van der Waals surface area contributed by atoms with Gasteiger partial charge in [-0.25, -0.2) is 0 Å². The van der Waals surface area contributed by atoms with Crippen LogP contribution in [0.4, 0.5) is 0 Å². The van der Waals surface area contributed by atoms with Crippen LogP contribution in [0.25, 0.3) is 0 Å². The molecule has 2 bridgehead atoms. The zero-order valence-corrected chi connectivity index (χ0v) is 10.3. The first-order valence-corrected chi connectivity index (χ1v) is 6.10. The Bertz CT molecular complexity index is 231. The van der Waals surface area contributed by atoms with Crippen LogP contribution in [0.1, 0.15) is 47.0 Å². The third-order valence-electron chi connectivity index (χ3n) is 4.68. The van der Waals surface area contributed by atoms with E-state index in [2.05, 4.69) is 27.7 Å². The van der Waals surface area contributed by atoms with Crippen LogP contribution in [0.5, 0.6) is 0 Å². The predicted octanol–water partition coefficient (Wildman–Crippen LogP) is 2.19. The van der Waals surface area contributed by atoms with Crippen molar-refractivity contribution in [2.24, 2.45) is 22.7 Å². The summed E-state index contributed by atoms with van der Waals surface area (Å²) < 4.78 is 0. The maximum Gasteiger partial charge on any atom is 0.0619 e. The summed E-state index contributed by atoms with van der Waals surface area (Å²) in [5.74, 6) is 0.772. The molecule has 0 unspecified atom stereocenters. The van der Waals surface area contributed by atoms with E-state index in [9.17, 15) is 10.2 Å². The Hall–Kier alpha value is -0.0800. The molecule has 0 aromatic carbocycles. The Morgan fingerprint density at radius 2 is 1.13 bits per heavy atom. The first kappa shape index (κ1) is 11.4. The molecule has 2 fully saturated rings. The van der Waals surface area contributed by atoms with Crippen molar-refractivity contribution in [1.29, 1.82) is 0 Å². The normalized spacial score (nSPS) is 47.6. The van der Waals surface area contributed by atoms with E-state index in [1.807, 2.05) is 0 Å². The van der Waals surface area contributed by atoms with Gasteiger partial charge in [-0.05, 0) is 41.9 Å². The molecule has 2 nitrogen and oxygen atoms in total. The third-order valence-corrected chi connectivity index (χ3v) is 4.68. The van der Waals surface area contributed by atoms with Gasteiger partial charge >= 0.3 is 0 Å². The SMILES string of the molecule is CC1(C)C[C@H]2C[C@H](CC(C)(C)[C@H]2O)[C@@H]1O. The molecule has 2 heteroatoms. The molecule has 2 N–H and O–H groups in total. The number of rotatable bonds is 0. The second-order valence-corrected chi connectivity index (χ2v) is 7.03. The molecule has 2 saturated carbocycles. The van der Waals surface area contributed by atoms with E-state index in [0.717, 1.165) is 19.3 Å². The maximum absolute atomic E-state index is 10.3. The lowest BCUT2D eigenvalue weighted by Crippen LogP contribution is -2.54. The molecule has 4 atom stereocenters. The number of aliphatic hydroxyl groups is 2. The highest BCUT2D eigenvalue weighted by atomic mass is 16.3. The predicted molar refractivity (Wildman–Crippen MR) is 60.4 cm³/mol. The van der Waals surface area contributed by atoms with Crippen molar-refractivity contribution >= 4 is 0 Å². The summed E-state index contributed by atoms with van der Waals surface area (Å²) in [4.78, 5) is 0. The minimum absolute atomic E-state index is 0.0228. The van der Waals surface area contributed by atoms with Gasteiger partial charge in [0.25, 0.3) is 0 Å². The van der Waals surface area contributed by atoms with Gasteiger partial charge in [0.1, 0.15) is 0 Å². The van der Waals surface area contributed by atoms with Crippen molar-refractivity contribution in [2.75, 3.05) is 0 Å². The van der Waals surface area contributed by atoms with Crippen molar-refractivity contribution in [2.45, 2.75) is 59.2 Å². The Balaban J connectivity index is 2.25. The Kier molecular flexibility index (Phi) is 2.44. The summed E-state index contributed by atoms with van der Waals surface area (Å²) in [5.41, 5.74) is -0.0455. The van der Waals surface area contributed by atoms with Gasteiger partial charge in [0.2, 0.25) is 0 Å². The average Bonchev–Trinajstić information content (AvgIpc) is 2.09. The third kappa shape index (κ3) is 1.72. The molecule has 2 rings (SSSR count). The first-order valence-electron chi connectivity index (χ1n) is 6.10. The second-order valence-electron chi connectivity index (χ2n) is 7.03. The van der Waals surface area contributed by atoms with E-state index < -0.39 is 0 Å². The fourth-order valence-electron chi connectivity index (χ4n) is 3.91. The molecule has 0 saturated heterocycles. The van der Waals surface area contributed by atoms with E-state index in [1.54, 1.807) is 0 Å². The molecular formula is C13H24O2. The van der Waals surface area contributed by atoms with Gasteiger partial charge in [0.05, 0.1) is 12.2 Å². The first-order chi connectivity index (χ1) is 6.74. The summed E-state index contributed by atoms with van der Waals surface area (Å²) >= 11 is 0. The van der Waals surface area contributed by atoms with Gasteiger partial charge in [-0.15, -0.1) is 0 Å². The molecule has 88 valence electrons. The molecule has 2 aliphatic rings. The molecule has 2 aliphatic carbocycles. The smallest absolute Gasteiger partial charge is 0.0619 e. The van der Waals surface area contributed by atoms with E-state index in [1.165, 1.54) is 0 Å². The van der Waals surface area contributed by atoms with Gasteiger partial charge in [-0.3, -0.25) is 0 Å². The molecule has 15 heavy (non-hydrogen) atoms. The maximum atomic E-state index is 10.3. The lowest BCUT2D eigenvalue weighted by atomic mass is 9.54. The van der Waals surface area contributed by atoms with E-state index in [-0.39, 0.29) is 23.0 Å². The van der Waals surface area contributed by atoms with Crippen LogP contribution in [0, 0.1) is 22.7 Å². The van der Waals surface area contributed by atoms with Gasteiger partial charge in [0, 0.05) is 0 Å². The van der Waals surface area contributed by atoms with Crippen molar-refractivity contribution in [3.05, 3.63) is 0 Å². The lowest BCUT2D eigenvalue weighted by Gasteiger charge is -2.54. The van der Waals surface area contributed by atoms with Crippen LogP contribution in [0.15, 0.2) is 0 Å². The largest absolute Gasteiger partial charge is 0.392 e. The molecule has 0 spiro atoms. The summed E-state index contributed by atoms with van der Waals surface area (Å²) in [6.07, 6.45) is 2.53. The molecule has 0 heterocycles. The molecule has 0 aromatic heterocycles. The van der Waals surface area contributed by atoms with Crippen molar-refractivity contribution in [1.82, 2.24) is 0 Å². The van der Waals surface area contributed by atoms with Gasteiger partial charge < -0.3 is 10.2 Å². The van der Waals surface area contributed by atoms with Crippen LogP contribution < -0.4 is 0 Å². The lowest BCUT2D eigenvalue weighted by molar-refractivity contribution is -0.150. The highest BCUT2D eigenvalue weighted by Crippen LogP contribution is 2.53. The highest BCUT2D eigenvalue weighted by molar-refractivity contribution is 5.02. The average molecular weight is 212 g/mol. The van der Waals surface area contributed by atoms with Crippen LogP contribution in [-0.4, -0.2) is 22.4 Å². The minimum Gasteiger partial charge on any atom is -0.392 e. The van der Waals surface area contributed by atoms with Crippen molar-refractivity contribution in [3.63, 3.8) is 0 Å². The quantitative estimate of drug-likeness (QED) is 0.646. The minimum atomic E-state index is -0.194. The summed E-state index contributed by atoms with van der Waals surface area (Å²) in [7, 11) is 0. The molecule has 0 aliphatic heterocycles. The van der Waals surface area contributed by atoms with Crippen molar-refractivity contribution in [3.8, 4) is 0 Å². The zero-order valence-electron chi connectivity index (χ0n) is 10.3. The van der Waals surface area contributed by atoms with Crippen LogP contribution in [0.2, 0.25) is 0 Å². The Labute approximate surface area is 92.7 Å². The van der Waals surface area contributed by atoms with Gasteiger partial charge in [0.15, 0.2) is 0 Å². The fourth-order valence-corrected chi connectivity index (χ4v) is 3.91. The fraction of sp³-hybridized carbons (Fsp3) is 1.00. The summed E-state index contributed by atoms with van der Waals surface area (Å²) in [5, 5.41) is 20.6. The summed E-state index contributed by atoms with van der Waals surface area (Å²) in [6.45, 7) is 8.51. The van der Waals surface area contributed by atoms with Gasteiger partial charge in [-0.2, -0.15) is 0 Å². The molecule has 0 radical (unpaired) electrons. The second kappa shape index (κ2) is 3.21. The Morgan fingerprint density at radius 1 is 0.800 bits per heavy atom. The standard InChI is InChI=1S/C13H24O2/c1-12(2)6-8-5-9(10(12)14)7-13(3,4)11(8)15/h8-11,14-15H,5-7H2,1-4H3/t8-,9-,10+,11+/m1/s1. The monoisotopic (exact) mass is 212 g/mol. The van der Waals surface area contributed by atoms with Gasteiger partial charge in [-0.1, -0.05) is 27.7 Å². The number of aliphatic hydroxyl groups excluding tert-OH is 2. The van der Waals surface area contributed by atoms with E-state index >= 15 is 0 Å². The van der Waals surface area contributed by atoms with Crippen molar-refractivity contribution < 1.29 is 10.2 Å². The van der Waals surface area contributed by atoms with Crippen LogP contribution in [-0.2, 0) is 0 Å². The number of hydrogen-bond acceptors (Lipinski definition) is 2. The topological polar surface area (TPSA) is 40.5 Å².